The van der Waals surface area contributed by atoms with Crippen molar-refractivity contribution in [3.8, 4) is 11.5 Å². The second-order valence-corrected chi connectivity index (χ2v) is 11.9. The summed E-state index contributed by atoms with van der Waals surface area (Å²) >= 11 is 6.01. The first-order valence-electron chi connectivity index (χ1n) is 11.4. The van der Waals surface area contributed by atoms with E-state index >= 15 is 4.39 Å². The number of fused-ring (bicyclic) bond motifs is 1. The van der Waals surface area contributed by atoms with Gasteiger partial charge in [-0.1, -0.05) is 30.7 Å². The minimum atomic E-state index is -3.81. The lowest BCUT2D eigenvalue weighted by Gasteiger charge is -2.29. The van der Waals surface area contributed by atoms with Gasteiger partial charge in [0.2, 0.25) is 5.89 Å². The number of rotatable bonds is 4. The number of nitrogens with zero attached hydrogens (tertiary/aromatic N) is 3. The van der Waals surface area contributed by atoms with Crippen LogP contribution in [0.2, 0.25) is 5.02 Å². The van der Waals surface area contributed by atoms with E-state index in [-0.39, 0.29) is 34.1 Å². The van der Waals surface area contributed by atoms with Crippen LogP contribution in [0.1, 0.15) is 31.2 Å². The zero-order chi connectivity index (χ0) is 24.8. The van der Waals surface area contributed by atoms with E-state index in [0.29, 0.717) is 49.2 Å². The molecule has 2 aliphatic rings. The van der Waals surface area contributed by atoms with Crippen LogP contribution < -0.4 is 10.6 Å². The van der Waals surface area contributed by atoms with Crippen molar-refractivity contribution >= 4 is 27.1 Å². The van der Waals surface area contributed by atoms with Gasteiger partial charge >= 0.3 is 0 Å². The van der Waals surface area contributed by atoms with Crippen LogP contribution in [0.15, 0.2) is 45.7 Å². The van der Waals surface area contributed by atoms with E-state index in [1.165, 1.54) is 6.07 Å². The molecule has 1 saturated heterocycles. The number of halogens is 2. The molecule has 3 heterocycles. The fourth-order valence-corrected chi connectivity index (χ4v) is 6.35. The first-order valence-corrected chi connectivity index (χ1v) is 13.4. The molecule has 2 aliphatic heterocycles. The minimum absolute atomic E-state index is 0.00500. The van der Waals surface area contributed by atoms with Gasteiger partial charge in [0.25, 0.3) is 5.89 Å². The molecule has 0 amide bonds. The maximum Gasteiger partial charge on any atom is 0.250 e. The van der Waals surface area contributed by atoms with Gasteiger partial charge in [0.1, 0.15) is 5.82 Å². The normalized spacial score (nSPS) is 21.4. The molecule has 2 N–H and O–H groups in total. The van der Waals surface area contributed by atoms with Gasteiger partial charge in [-0.25, -0.2) is 12.8 Å². The Kier molecular flexibility index (Phi) is 6.33. The number of benzene rings is 2. The highest BCUT2D eigenvalue weighted by Gasteiger charge is 2.36. The van der Waals surface area contributed by atoms with E-state index in [9.17, 15) is 8.42 Å². The van der Waals surface area contributed by atoms with E-state index < -0.39 is 21.7 Å². The SMILES string of the molecule is CC1(c2nnc(-c3cc4c(cc3F)S(=O)(=O)C[C@H](N)CN4Cc3ccc(Cl)cc3)o2)CCOCC1. The quantitative estimate of drug-likeness (QED) is 0.554. The summed E-state index contributed by atoms with van der Waals surface area (Å²) in [6, 6.07) is 9.10. The molecule has 1 fully saturated rings. The standard InChI is InChI=1S/C24H26ClFN4O4S/c1-24(6-8-33-9-7-24)23-29-28-22(34-23)18-10-20-21(11-19(18)26)35(31,32)14-17(27)13-30(20)12-15-2-4-16(25)5-3-15/h2-5,10-11,17H,6-9,12-14,27H2,1H3/t17-/m1/s1. The van der Waals surface area contributed by atoms with E-state index in [0.717, 1.165) is 11.6 Å². The van der Waals surface area contributed by atoms with Crippen LogP contribution in [-0.2, 0) is 26.5 Å². The highest BCUT2D eigenvalue weighted by atomic mass is 35.5. The number of hydrogen-bond acceptors (Lipinski definition) is 8. The second-order valence-electron chi connectivity index (χ2n) is 9.43. The summed E-state index contributed by atoms with van der Waals surface area (Å²) in [5.41, 5.74) is 7.10. The lowest BCUT2D eigenvalue weighted by Crippen LogP contribution is -2.39. The zero-order valence-electron chi connectivity index (χ0n) is 19.2. The van der Waals surface area contributed by atoms with E-state index in [4.69, 9.17) is 26.5 Å². The Morgan fingerprint density at radius 3 is 2.63 bits per heavy atom. The number of ether oxygens (including phenoxy) is 1. The predicted octanol–water partition coefficient (Wildman–Crippen LogP) is 3.72. The first-order chi connectivity index (χ1) is 16.6. The van der Waals surface area contributed by atoms with Crippen molar-refractivity contribution in [2.75, 3.05) is 30.4 Å². The number of aromatic nitrogens is 2. The number of anilines is 1. The van der Waals surface area contributed by atoms with Crippen LogP contribution in [0.3, 0.4) is 0 Å². The highest BCUT2D eigenvalue weighted by molar-refractivity contribution is 7.91. The van der Waals surface area contributed by atoms with Crippen LogP contribution in [0.4, 0.5) is 10.1 Å². The highest BCUT2D eigenvalue weighted by Crippen LogP contribution is 2.39. The molecule has 11 heteroatoms. The Morgan fingerprint density at radius 1 is 1.20 bits per heavy atom. The minimum Gasteiger partial charge on any atom is -0.420 e. The average Bonchev–Trinajstić information content (AvgIpc) is 3.28. The van der Waals surface area contributed by atoms with Gasteiger partial charge in [-0.2, -0.15) is 0 Å². The summed E-state index contributed by atoms with van der Waals surface area (Å²) in [4.78, 5) is 1.74. The molecule has 0 unspecified atom stereocenters. The van der Waals surface area contributed by atoms with Crippen molar-refractivity contribution in [1.82, 2.24) is 10.2 Å². The summed E-state index contributed by atoms with van der Waals surface area (Å²) in [6.07, 6.45) is 1.43. The average molecular weight is 521 g/mol. The molecule has 0 spiro atoms. The molecular weight excluding hydrogens is 495 g/mol. The van der Waals surface area contributed by atoms with Crippen LogP contribution in [-0.4, -0.2) is 50.2 Å². The molecule has 0 bridgehead atoms. The monoisotopic (exact) mass is 520 g/mol. The molecule has 0 aliphatic carbocycles. The Bertz CT molecular complexity index is 1340. The van der Waals surface area contributed by atoms with Gasteiger partial charge in [0, 0.05) is 37.4 Å². The third kappa shape index (κ3) is 4.80. The summed E-state index contributed by atoms with van der Waals surface area (Å²) in [5.74, 6) is -0.606. The van der Waals surface area contributed by atoms with Crippen LogP contribution >= 0.6 is 11.6 Å². The Balaban J connectivity index is 1.58. The summed E-state index contributed by atoms with van der Waals surface area (Å²) < 4.78 is 52.8. The maximum atomic E-state index is 15.3. The second kappa shape index (κ2) is 9.16. The van der Waals surface area contributed by atoms with E-state index in [2.05, 4.69) is 10.2 Å². The molecule has 3 aromatic rings. The van der Waals surface area contributed by atoms with Crippen LogP contribution in [0.5, 0.6) is 0 Å². The van der Waals surface area contributed by atoms with Gasteiger partial charge in [-0.3, -0.25) is 0 Å². The first kappa shape index (κ1) is 24.2. The fraction of sp³-hybridized carbons (Fsp3) is 0.417. The largest absolute Gasteiger partial charge is 0.420 e. The maximum absolute atomic E-state index is 15.3. The molecule has 0 saturated carbocycles. The molecule has 0 radical (unpaired) electrons. The van der Waals surface area contributed by atoms with Gasteiger partial charge in [-0.15, -0.1) is 10.2 Å². The molecule has 1 atom stereocenters. The Morgan fingerprint density at radius 2 is 1.91 bits per heavy atom. The number of nitrogens with two attached hydrogens (primary N) is 1. The van der Waals surface area contributed by atoms with Crippen molar-refractivity contribution in [1.29, 1.82) is 0 Å². The van der Waals surface area contributed by atoms with E-state index in [1.807, 2.05) is 24.0 Å². The number of hydrogen-bond donors (Lipinski definition) is 1. The van der Waals surface area contributed by atoms with Crippen molar-refractivity contribution in [3.05, 3.63) is 58.7 Å². The summed E-state index contributed by atoms with van der Waals surface area (Å²) in [5, 5.41) is 8.89. The topological polar surface area (TPSA) is 112 Å². The smallest absolute Gasteiger partial charge is 0.250 e. The van der Waals surface area contributed by atoms with Gasteiger partial charge in [-0.05, 0) is 42.7 Å². The lowest BCUT2D eigenvalue weighted by atomic mass is 9.82. The molecule has 35 heavy (non-hydrogen) atoms. The van der Waals surface area contributed by atoms with Crippen LogP contribution in [0, 0.1) is 5.82 Å². The molecule has 1 aromatic heterocycles. The summed E-state index contributed by atoms with van der Waals surface area (Å²) in [7, 11) is -3.81. The van der Waals surface area contributed by atoms with Crippen molar-refractivity contribution in [2.24, 2.45) is 5.73 Å². The zero-order valence-corrected chi connectivity index (χ0v) is 20.8. The molecular formula is C24H26ClFN4O4S. The molecule has 5 rings (SSSR count). The van der Waals surface area contributed by atoms with Crippen molar-refractivity contribution < 1.29 is 22.0 Å². The molecule has 8 nitrogen and oxygen atoms in total. The van der Waals surface area contributed by atoms with Gasteiger partial charge < -0.3 is 19.8 Å². The van der Waals surface area contributed by atoms with Crippen molar-refractivity contribution in [3.63, 3.8) is 0 Å². The Hall–Kier alpha value is -2.53. The fourth-order valence-electron chi connectivity index (χ4n) is 4.58. The third-order valence-electron chi connectivity index (χ3n) is 6.67. The molecule has 186 valence electrons. The van der Waals surface area contributed by atoms with Crippen LogP contribution in [0.25, 0.3) is 11.5 Å². The third-order valence-corrected chi connectivity index (χ3v) is 8.78. The molecule has 2 aromatic carbocycles. The van der Waals surface area contributed by atoms with E-state index in [1.54, 1.807) is 12.1 Å². The predicted molar refractivity (Wildman–Crippen MR) is 130 cm³/mol. The Labute approximate surface area is 208 Å². The number of sulfone groups is 1. The van der Waals surface area contributed by atoms with Crippen molar-refractivity contribution in [2.45, 2.75) is 42.7 Å². The lowest BCUT2D eigenvalue weighted by molar-refractivity contribution is 0.0471. The van der Waals surface area contributed by atoms with Gasteiger partial charge in [0.15, 0.2) is 9.84 Å². The summed E-state index contributed by atoms with van der Waals surface area (Å²) in [6.45, 7) is 3.82. The van der Waals surface area contributed by atoms with Gasteiger partial charge in [0.05, 0.1) is 27.3 Å².